The predicted molar refractivity (Wildman–Crippen MR) is 122 cm³/mol. The molecule has 182 valence electrons. The molecule has 0 aliphatic rings. The molecule has 1 heterocycles. The van der Waals surface area contributed by atoms with Gasteiger partial charge in [-0.2, -0.15) is 0 Å². The summed E-state index contributed by atoms with van der Waals surface area (Å²) in [4.78, 5) is 41.0. The molecule has 0 spiro atoms. The van der Waals surface area contributed by atoms with Gasteiger partial charge in [0.15, 0.2) is 0 Å². The van der Waals surface area contributed by atoms with Crippen LogP contribution in [-0.2, 0) is 20.8 Å². The number of halogens is 1. The first kappa shape index (κ1) is 26.2. The van der Waals surface area contributed by atoms with Crippen LogP contribution in [0.5, 0.6) is 0 Å². The summed E-state index contributed by atoms with van der Waals surface area (Å²) >= 11 is 0. The molecule has 11 heteroatoms. The molecule has 0 aliphatic carbocycles. The molecule has 2 aromatic rings. The van der Waals surface area contributed by atoms with Crippen molar-refractivity contribution >= 4 is 29.6 Å². The molecule has 0 unspecified atom stereocenters. The molecule has 0 saturated carbocycles. The number of aliphatic hydroxyl groups is 1. The van der Waals surface area contributed by atoms with Crippen molar-refractivity contribution in [3.8, 4) is 0 Å². The lowest BCUT2D eigenvalue weighted by atomic mass is 10.1. The van der Waals surface area contributed by atoms with Gasteiger partial charge in [-0.25, -0.2) is 19.0 Å². The van der Waals surface area contributed by atoms with E-state index in [-0.39, 0.29) is 24.5 Å². The van der Waals surface area contributed by atoms with Gasteiger partial charge in [-0.15, -0.1) is 0 Å². The molecule has 2 rings (SSSR count). The Bertz CT molecular complexity index is 1130. The van der Waals surface area contributed by atoms with Crippen molar-refractivity contribution < 1.29 is 33.5 Å². The number of aryl methyl sites for hydroxylation is 1. The number of hydrogen-bond acceptors (Lipinski definition) is 8. The number of aromatic nitrogens is 1. The van der Waals surface area contributed by atoms with Crippen LogP contribution < -0.4 is 4.90 Å². The van der Waals surface area contributed by atoms with Gasteiger partial charge in [-0.05, 0) is 63.9 Å². The first-order valence-corrected chi connectivity index (χ1v) is 10.3. The molecular weight excluding hydrogens is 449 g/mol. The zero-order valence-corrected chi connectivity index (χ0v) is 19.5. The van der Waals surface area contributed by atoms with Crippen LogP contribution in [0.1, 0.15) is 44.4 Å². The molecule has 0 radical (unpaired) electrons. The minimum Gasteiger partial charge on any atom is -0.502 e. The highest BCUT2D eigenvalue weighted by Gasteiger charge is 2.32. The number of pyridine rings is 1. The summed E-state index contributed by atoms with van der Waals surface area (Å²) in [6.45, 7) is 7.83. The topological polar surface area (TPSA) is 132 Å². The fourth-order valence-electron chi connectivity index (χ4n) is 2.92. The number of amides is 1. The molecule has 1 aromatic carbocycles. The Labute approximate surface area is 195 Å². The second-order valence-corrected chi connectivity index (χ2v) is 8.22. The summed E-state index contributed by atoms with van der Waals surface area (Å²) < 4.78 is 23.7. The standard InChI is InChI=1S/C23H26FN3O7/c1-6-33-21(29)18(28)12-15-9-10-25-20(19(15)27(31)32)26(22(30)34-23(3,4)5)13-16-7-8-17(24)11-14(16)2/h7-12,28H,6,13H2,1-5H3/b18-12+. The lowest BCUT2D eigenvalue weighted by molar-refractivity contribution is -0.384. The SMILES string of the molecule is CCOC(=O)/C(O)=C\c1ccnc(N(Cc2ccc(F)cc2C)C(=O)OC(C)(C)C)c1[N+](=O)[O-]. The predicted octanol–water partition coefficient (Wildman–Crippen LogP) is 4.84. The van der Waals surface area contributed by atoms with Crippen molar-refractivity contribution in [2.75, 3.05) is 11.5 Å². The minimum atomic E-state index is -1.07. The molecule has 1 N–H and O–H groups in total. The van der Waals surface area contributed by atoms with Crippen molar-refractivity contribution in [3.63, 3.8) is 0 Å². The van der Waals surface area contributed by atoms with E-state index in [9.17, 15) is 29.2 Å². The average Bonchev–Trinajstić information content (AvgIpc) is 2.71. The Morgan fingerprint density at radius 1 is 1.29 bits per heavy atom. The van der Waals surface area contributed by atoms with Crippen LogP contribution in [0.3, 0.4) is 0 Å². The number of benzene rings is 1. The lowest BCUT2D eigenvalue weighted by Crippen LogP contribution is -2.37. The highest BCUT2D eigenvalue weighted by molar-refractivity contribution is 5.94. The summed E-state index contributed by atoms with van der Waals surface area (Å²) in [7, 11) is 0. The molecule has 34 heavy (non-hydrogen) atoms. The Morgan fingerprint density at radius 2 is 1.97 bits per heavy atom. The first-order chi connectivity index (χ1) is 15.8. The van der Waals surface area contributed by atoms with Gasteiger partial charge in [-0.1, -0.05) is 6.07 Å². The number of carbonyl (C=O) groups excluding carboxylic acids is 2. The maximum Gasteiger partial charge on any atom is 0.416 e. The third kappa shape index (κ3) is 6.74. The van der Waals surface area contributed by atoms with Gasteiger partial charge in [0.05, 0.1) is 23.6 Å². The van der Waals surface area contributed by atoms with Crippen molar-refractivity contribution in [2.24, 2.45) is 0 Å². The van der Waals surface area contributed by atoms with Crippen LogP contribution in [0.4, 0.5) is 20.7 Å². The van der Waals surface area contributed by atoms with Gasteiger partial charge in [-0.3, -0.25) is 15.0 Å². The van der Waals surface area contributed by atoms with Gasteiger partial charge in [0.25, 0.3) is 0 Å². The second kappa shape index (κ2) is 10.7. The van der Waals surface area contributed by atoms with Crippen LogP contribution in [0.25, 0.3) is 6.08 Å². The van der Waals surface area contributed by atoms with Gasteiger partial charge < -0.3 is 14.6 Å². The molecule has 0 saturated heterocycles. The first-order valence-electron chi connectivity index (χ1n) is 10.3. The third-order valence-corrected chi connectivity index (χ3v) is 4.40. The summed E-state index contributed by atoms with van der Waals surface area (Å²) in [5.74, 6) is -2.79. The second-order valence-electron chi connectivity index (χ2n) is 8.22. The summed E-state index contributed by atoms with van der Waals surface area (Å²) in [5.41, 5.74) is -0.762. The molecule has 10 nitrogen and oxygen atoms in total. The van der Waals surface area contributed by atoms with Crippen molar-refractivity contribution in [2.45, 2.75) is 46.8 Å². The van der Waals surface area contributed by atoms with Crippen LogP contribution in [-0.4, -0.2) is 39.3 Å². The largest absolute Gasteiger partial charge is 0.502 e. The summed E-state index contributed by atoms with van der Waals surface area (Å²) in [6.07, 6.45) is 1.11. The van der Waals surface area contributed by atoms with E-state index in [1.54, 1.807) is 27.7 Å². The quantitative estimate of drug-likeness (QED) is 0.198. The molecule has 0 atom stereocenters. The van der Waals surface area contributed by atoms with Crippen molar-refractivity contribution in [1.29, 1.82) is 0 Å². The molecule has 1 amide bonds. The molecule has 1 aromatic heterocycles. The number of ether oxygens (including phenoxy) is 2. The van der Waals surface area contributed by atoms with E-state index in [1.165, 1.54) is 37.4 Å². The minimum absolute atomic E-state index is 0.0101. The number of esters is 1. The zero-order chi connectivity index (χ0) is 25.6. The summed E-state index contributed by atoms with van der Waals surface area (Å²) in [5, 5.41) is 22.0. The van der Waals surface area contributed by atoms with E-state index in [4.69, 9.17) is 9.47 Å². The number of rotatable bonds is 7. The van der Waals surface area contributed by atoms with E-state index >= 15 is 0 Å². The number of nitrogens with zero attached hydrogens (tertiary/aromatic N) is 3. The van der Waals surface area contributed by atoms with E-state index in [1.807, 2.05) is 0 Å². The fraction of sp³-hybridized carbons (Fsp3) is 0.348. The number of hydrogen-bond donors (Lipinski definition) is 1. The van der Waals surface area contributed by atoms with Crippen molar-refractivity contribution in [3.05, 3.63) is 68.8 Å². The highest BCUT2D eigenvalue weighted by atomic mass is 19.1. The number of nitro groups is 1. The Morgan fingerprint density at radius 3 is 2.53 bits per heavy atom. The Kier molecular flexibility index (Phi) is 8.28. The van der Waals surface area contributed by atoms with Gasteiger partial charge in [0, 0.05) is 12.3 Å². The smallest absolute Gasteiger partial charge is 0.416 e. The van der Waals surface area contributed by atoms with Gasteiger partial charge >= 0.3 is 17.7 Å². The average molecular weight is 475 g/mol. The third-order valence-electron chi connectivity index (χ3n) is 4.40. The maximum atomic E-state index is 13.6. The molecule has 0 bridgehead atoms. The Hall–Kier alpha value is -4.02. The molecule has 0 fully saturated rings. The van der Waals surface area contributed by atoms with E-state index < -0.39 is 39.9 Å². The number of carbonyl (C=O) groups is 2. The Balaban J connectivity index is 2.67. The van der Waals surface area contributed by atoms with Gasteiger partial charge in [0.2, 0.25) is 11.6 Å². The van der Waals surface area contributed by atoms with E-state index in [0.717, 1.165) is 11.0 Å². The van der Waals surface area contributed by atoms with Crippen LogP contribution in [0.2, 0.25) is 0 Å². The summed E-state index contributed by atoms with van der Waals surface area (Å²) in [6, 6.07) is 5.12. The van der Waals surface area contributed by atoms with E-state index in [2.05, 4.69) is 4.98 Å². The lowest BCUT2D eigenvalue weighted by Gasteiger charge is -2.27. The van der Waals surface area contributed by atoms with Crippen LogP contribution in [0.15, 0.2) is 36.2 Å². The van der Waals surface area contributed by atoms with E-state index in [0.29, 0.717) is 11.1 Å². The fourth-order valence-corrected chi connectivity index (χ4v) is 2.92. The van der Waals surface area contributed by atoms with Crippen LogP contribution >= 0.6 is 0 Å². The molecular formula is C23H26FN3O7. The highest BCUT2D eigenvalue weighted by Crippen LogP contribution is 2.33. The van der Waals surface area contributed by atoms with Gasteiger partial charge in [0.1, 0.15) is 11.4 Å². The van der Waals surface area contributed by atoms with Crippen LogP contribution in [0, 0.1) is 22.9 Å². The number of anilines is 1. The maximum absolute atomic E-state index is 13.6. The normalized spacial score (nSPS) is 11.6. The monoisotopic (exact) mass is 475 g/mol. The van der Waals surface area contributed by atoms with Crippen molar-refractivity contribution in [1.82, 2.24) is 4.98 Å². The molecule has 0 aliphatic heterocycles. The zero-order valence-electron chi connectivity index (χ0n) is 19.5. The number of aliphatic hydroxyl groups excluding tert-OH is 1.